The van der Waals surface area contributed by atoms with E-state index >= 15 is 0 Å². The summed E-state index contributed by atoms with van der Waals surface area (Å²) in [5.74, 6) is 0.505. The number of hydrogen-bond donors (Lipinski definition) is 2. The third-order valence-electron chi connectivity index (χ3n) is 4.44. The van der Waals surface area contributed by atoms with Crippen LogP contribution in [-0.2, 0) is 15.9 Å². The molecular formula is C16H24N4O3. The van der Waals surface area contributed by atoms with Gasteiger partial charge in [0.05, 0.1) is 17.6 Å². The SMILES string of the molecule is CCCc1cn(C2CC(OC)C(CCO)O2)c2ncnc(N)c12. The molecule has 0 aromatic carbocycles. The normalized spacial score (nSPS) is 24.6. The monoisotopic (exact) mass is 320 g/mol. The quantitative estimate of drug-likeness (QED) is 0.840. The van der Waals surface area contributed by atoms with Crippen molar-refractivity contribution in [3.63, 3.8) is 0 Å². The molecule has 0 radical (unpaired) electrons. The highest BCUT2D eigenvalue weighted by molar-refractivity contribution is 5.89. The Morgan fingerprint density at radius 3 is 3.00 bits per heavy atom. The number of fused-ring (bicyclic) bond motifs is 1. The zero-order valence-electron chi connectivity index (χ0n) is 13.6. The average molecular weight is 320 g/mol. The van der Waals surface area contributed by atoms with Crippen molar-refractivity contribution in [2.24, 2.45) is 0 Å². The largest absolute Gasteiger partial charge is 0.396 e. The smallest absolute Gasteiger partial charge is 0.147 e. The molecular weight excluding hydrogens is 296 g/mol. The van der Waals surface area contributed by atoms with E-state index in [0.717, 1.165) is 35.9 Å². The van der Waals surface area contributed by atoms with Gasteiger partial charge in [0.1, 0.15) is 24.0 Å². The third kappa shape index (κ3) is 2.91. The number of ether oxygens (including phenoxy) is 2. The van der Waals surface area contributed by atoms with Gasteiger partial charge in [0, 0.05) is 26.3 Å². The van der Waals surface area contributed by atoms with Gasteiger partial charge in [0.25, 0.3) is 0 Å². The zero-order valence-corrected chi connectivity index (χ0v) is 13.6. The molecule has 3 rings (SSSR count). The lowest BCUT2D eigenvalue weighted by Gasteiger charge is -2.16. The Morgan fingerprint density at radius 1 is 1.48 bits per heavy atom. The number of aliphatic hydroxyl groups excluding tert-OH is 1. The fourth-order valence-electron chi connectivity index (χ4n) is 3.37. The minimum absolute atomic E-state index is 0.0293. The number of hydrogen-bond acceptors (Lipinski definition) is 6. The molecule has 23 heavy (non-hydrogen) atoms. The average Bonchev–Trinajstić information content (AvgIpc) is 3.10. The molecule has 3 unspecified atom stereocenters. The summed E-state index contributed by atoms with van der Waals surface area (Å²) in [5.41, 5.74) is 8.00. The fourth-order valence-corrected chi connectivity index (χ4v) is 3.37. The molecule has 7 nitrogen and oxygen atoms in total. The highest BCUT2D eigenvalue weighted by Gasteiger charge is 2.36. The van der Waals surface area contributed by atoms with Crippen LogP contribution in [-0.4, -0.2) is 45.6 Å². The molecule has 1 aliphatic rings. The van der Waals surface area contributed by atoms with E-state index in [1.54, 1.807) is 7.11 Å². The number of rotatable bonds is 6. The van der Waals surface area contributed by atoms with Gasteiger partial charge in [-0.05, 0) is 18.4 Å². The van der Waals surface area contributed by atoms with Gasteiger partial charge in [-0.1, -0.05) is 13.3 Å². The molecule has 1 aliphatic heterocycles. The summed E-state index contributed by atoms with van der Waals surface area (Å²) in [4.78, 5) is 8.53. The highest BCUT2D eigenvalue weighted by Crippen LogP contribution is 2.36. The Kier molecular flexibility index (Phi) is 4.79. The summed E-state index contributed by atoms with van der Waals surface area (Å²) >= 11 is 0. The van der Waals surface area contributed by atoms with Crippen LogP contribution >= 0.6 is 0 Å². The van der Waals surface area contributed by atoms with E-state index in [1.165, 1.54) is 6.33 Å². The Balaban J connectivity index is 1.98. The molecule has 0 saturated carbocycles. The Labute approximate surface area is 135 Å². The second-order valence-corrected chi connectivity index (χ2v) is 5.92. The first kappa shape index (κ1) is 16.2. The standard InChI is InChI=1S/C16H24N4O3/c1-3-4-10-8-20(16-14(10)15(17)18-9-19-16)13-7-12(22-2)11(23-13)5-6-21/h8-9,11-13,21H,3-7H2,1-2H3,(H2,17,18,19). The van der Waals surface area contributed by atoms with Crippen LogP contribution in [0.25, 0.3) is 11.0 Å². The number of nitrogens with zero attached hydrogens (tertiary/aromatic N) is 3. The Bertz CT molecular complexity index is 673. The van der Waals surface area contributed by atoms with E-state index < -0.39 is 0 Å². The molecule has 2 aromatic rings. The van der Waals surface area contributed by atoms with Crippen molar-refractivity contribution in [3.05, 3.63) is 18.1 Å². The molecule has 126 valence electrons. The first-order chi connectivity index (χ1) is 11.2. The van der Waals surface area contributed by atoms with Crippen molar-refractivity contribution in [2.75, 3.05) is 19.5 Å². The van der Waals surface area contributed by atoms with E-state index in [1.807, 2.05) is 4.57 Å². The second-order valence-electron chi connectivity index (χ2n) is 5.92. The van der Waals surface area contributed by atoms with Crippen molar-refractivity contribution in [2.45, 2.75) is 51.0 Å². The number of aryl methyl sites for hydroxylation is 1. The summed E-state index contributed by atoms with van der Waals surface area (Å²) in [7, 11) is 1.68. The minimum Gasteiger partial charge on any atom is -0.396 e. The summed E-state index contributed by atoms with van der Waals surface area (Å²) in [5, 5.41) is 10.1. The Morgan fingerprint density at radius 2 is 2.30 bits per heavy atom. The number of anilines is 1. The Hall–Kier alpha value is -1.70. The number of methoxy groups -OCH3 is 1. The third-order valence-corrected chi connectivity index (χ3v) is 4.44. The first-order valence-electron chi connectivity index (χ1n) is 8.08. The lowest BCUT2D eigenvalue weighted by molar-refractivity contribution is -0.0360. The molecule has 3 N–H and O–H groups in total. The fraction of sp³-hybridized carbons (Fsp3) is 0.625. The molecule has 2 aromatic heterocycles. The predicted molar refractivity (Wildman–Crippen MR) is 87.0 cm³/mol. The van der Waals surface area contributed by atoms with E-state index in [4.69, 9.17) is 15.2 Å². The molecule has 0 bridgehead atoms. The highest BCUT2D eigenvalue weighted by atomic mass is 16.6. The van der Waals surface area contributed by atoms with Crippen molar-refractivity contribution < 1.29 is 14.6 Å². The van der Waals surface area contributed by atoms with Gasteiger partial charge in [0.15, 0.2) is 0 Å². The first-order valence-corrected chi connectivity index (χ1v) is 8.08. The van der Waals surface area contributed by atoms with Gasteiger partial charge in [0.2, 0.25) is 0 Å². The lowest BCUT2D eigenvalue weighted by atomic mass is 10.1. The van der Waals surface area contributed by atoms with Gasteiger partial charge < -0.3 is 24.9 Å². The topological polar surface area (TPSA) is 95.4 Å². The molecule has 0 spiro atoms. The molecule has 3 atom stereocenters. The maximum absolute atomic E-state index is 9.20. The van der Waals surface area contributed by atoms with Gasteiger partial charge in [-0.25, -0.2) is 9.97 Å². The lowest BCUT2D eigenvalue weighted by Crippen LogP contribution is -2.24. The van der Waals surface area contributed by atoms with Crippen molar-refractivity contribution >= 4 is 16.9 Å². The van der Waals surface area contributed by atoms with Crippen LogP contribution in [0.4, 0.5) is 5.82 Å². The minimum atomic E-state index is -0.168. The van der Waals surface area contributed by atoms with Gasteiger partial charge in [-0.3, -0.25) is 0 Å². The zero-order chi connectivity index (χ0) is 16.4. The van der Waals surface area contributed by atoms with E-state index in [9.17, 15) is 5.11 Å². The predicted octanol–water partition coefficient (Wildman–Crippen LogP) is 1.65. The van der Waals surface area contributed by atoms with Crippen LogP contribution in [0.1, 0.15) is 38.0 Å². The van der Waals surface area contributed by atoms with Crippen LogP contribution < -0.4 is 5.73 Å². The molecule has 0 aliphatic carbocycles. The van der Waals surface area contributed by atoms with Crippen molar-refractivity contribution in [1.82, 2.24) is 14.5 Å². The van der Waals surface area contributed by atoms with Gasteiger partial charge >= 0.3 is 0 Å². The van der Waals surface area contributed by atoms with Gasteiger partial charge in [-0.2, -0.15) is 0 Å². The van der Waals surface area contributed by atoms with Crippen molar-refractivity contribution in [3.8, 4) is 0 Å². The summed E-state index contributed by atoms with van der Waals surface area (Å²) < 4.78 is 13.6. The molecule has 0 amide bonds. The number of aliphatic hydroxyl groups is 1. The maximum Gasteiger partial charge on any atom is 0.147 e. The number of nitrogens with two attached hydrogens (primary N) is 1. The van der Waals surface area contributed by atoms with E-state index in [-0.39, 0.29) is 25.0 Å². The van der Waals surface area contributed by atoms with Crippen LogP contribution in [0.5, 0.6) is 0 Å². The molecule has 3 heterocycles. The van der Waals surface area contributed by atoms with Crippen LogP contribution in [0.2, 0.25) is 0 Å². The number of aromatic nitrogens is 3. The second kappa shape index (κ2) is 6.82. The number of nitrogen functional groups attached to an aromatic ring is 1. The maximum atomic E-state index is 9.20. The summed E-state index contributed by atoms with van der Waals surface area (Å²) in [6, 6.07) is 0. The molecule has 7 heteroatoms. The molecule has 1 saturated heterocycles. The summed E-state index contributed by atoms with van der Waals surface area (Å²) in [6.45, 7) is 2.22. The van der Waals surface area contributed by atoms with E-state index in [2.05, 4.69) is 23.1 Å². The van der Waals surface area contributed by atoms with Crippen LogP contribution in [0, 0.1) is 0 Å². The van der Waals surface area contributed by atoms with Crippen LogP contribution in [0.15, 0.2) is 12.5 Å². The van der Waals surface area contributed by atoms with E-state index in [0.29, 0.717) is 12.2 Å². The summed E-state index contributed by atoms with van der Waals surface area (Å²) in [6.07, 6.45) is 6.47. The van der Waals surface area contributed by atoms with Crippen LogP contribution in [0.3, 0.4) is 0 Å². The van der Waals surface area contributed by atoms with Gasteiger partial charge in [-0.15, -0.1) is 0 Å². The van der Waals surface area contributed by atoms with Crippen molar-refractivity contribution in [1.29, 1.82) is 0 Å². The molecule has 1 fully saturated rings.